The highest BCUT2D eigenvalue weighted by molar-refractivity contribution is 6.04. The normalized spacial score (nSPS) is 14.4. The summed E-state index contributed by atoms with van der Waals surface area (Å²) in [6, 6.07) is 14.3. The first kappa shape index (κ1) is 19.1. The number of anilines is 2. The number of benzene rings is 2. The fraction of sp³-hybridized carbons (Fsp3) is 0.316. The first-order chi connectivity index (χ1) is 11.7. The van der Waals surface area contributed by atoms with E-state index in [4.69, 9.17) is 15.2 Å². The second-order valence-electron chi connectivity index (χ2n) is 5.97. The van der Waals surface area contributed by atoms with Crippen LogP contribution in [0.3, 0.4) is 0 Å². The molecule has 0 saturated carbocycles. The van der Waals surface area contributed by atoms with Gasteiger partial charge < -0.3 is 20.5 Å². The second kappa shape index (κ2) is 9.30. The third-order valence-electron chi connectivity index (χ3n) is 4.09. The summed E-state index contributed by atoms with van der Waals surface area (Å²) >= 11 is 0. The quantitative estimate of drug-likeness (QED) is 0.794. The number of nitrogens with one attached hydrogen (secondary N) is 1. The Kier molecular flexibility index (Phi) is 7.10. The van der Waals surface area contributed by atoms with E-state index in [9.17, 15) is 4.79 Å². The monoisotopic (exact) mass is 362 g/mol. The van der Waals surface area contributed by atoms with Crippen LogP contribution >= 0.6 is 12.4 Å². The lowest BCUT2D eigenvalue weighted by molar-refractivity contribution is 0.0497. The smallest absolute Gasteiger partial charge is 0.255 e. The molecule has 1 amide bonds. The van der Waals surface area contributed by atoms with E-state index in [-0.39, 0.29) is 18.3 Å². The molecule has 0 atom stereocenters. The lowest BCUT2D eigenvalue weighted by Gasteiger charge is -2.22. The largest absolute Gasteiger partial charge is 0.493 e. The molecule has 6 heteroatoms. The maximum absolute atomic E-state index is 12.2. The lowest BCUT2D eigenvalue weighted by Crippen LogP contribution is -2.21. The summed E-state index contributed by atoms with van der Waals surface area (Å²) in [6.07, 6.45) is 2.10. The third kappa shape index (κ3) is 5.66. The van der Waals surface area contributed by atoms with Gasteiger partial charge in [-0.15, -0.1) is 12.4 Å². The van der Waals surface area contributed by atoms with Crippen LogP contribution in [-0.4, -0.2) is 25.7 Å². The average Bonchev–Trinajstić information content (AvgIpc) is 2.62. The van der Waals surface area contributed by atoms with E-state index < -0.39 is 0 Å². The number of rotatable bonds is 5. The van der Waals surface area contributed by atoms with Gasteiger partial charge in [0, 0.05) is 30.2 Å². The van der Waals surface area contributed by atoms with Gasteiger partial charge in [-0.1, -0.05) is 6.07 Å². The number of hydrogen-bond acceptors (Lipinski definition) is 4. The van der Waals surface area contributed by atoms with E-state index >= 15 is 0 Å². The molecule has 25 heavy (non-hydrogen) atoms. The van der Waals surface area contributed by atoms with E-state index in [0.717, 1.165) is 37.5 Å². The summed E-state index contributed by atoms with van der Waals surface area (Å²) in [7, 11) is 0. The van der Waals surface area contributed by atoms with E-state index in [2.05, 4.69) is 5.32 Å². The fourth-order valence-corrected chi connectivity index (χ4v) is 2.64. The number of ether oxygens (including phenoxy) is 2. The predicted molar refractivity (Wildman–Crippen MR) is 102 cm³/mol. The maximum atomic E-state index is 12.2. The van der Waals surface area contributed by atoms with Crippen LogP contribution < -0.4 is 15.8 Å². The Labute approximate surface area is 153 Å². The molecule has 3 N–H and O–H groups in total. The number of amides is 1. The van der Waals surface area contributed by atoms with Crippen LogP contribution in [0.2, 0.25) is 0 Å². The van der Waals surface area contributed by atoms with Gasteiger partial charge in [0.15, 0.2) is 0 Å². The lowest BCUT2D eigenvalue weighted by atomic mass is 10.0. The third-order valence-corrected chi connectivity index (χ3v) is 4.09. The van der Waals surface area contributed by atoms with Crippen molar-refractivity contribution in [3.63, 3.8) is 0 Å². The summed E-state index contributed by atoms with van der Waals surface area (Å²) in [5.41, 5.74) is 7.53. The molecule has 1 fully saturated rings. The Balaban J connectivity index is 0.00000225. The molecule has 0 radical (unpaired) electrons. The molecule has 1 saturated heterocycles. The van der Waals surface area contributed by atoms with E-state index in [1.54, 1.807) is 24.3 Å². The number of halogens is 1. The standard InChI is InChI=1S/C19H22N2O3.ClH/c20-16-3-1-2-15(12-16)19(22)21-17-4-6-18(7-5-17)24-13-14-8-10-23-11-9-14;/h1-7,12,14H,8-11,13,20H2,(H,21,22);1H. The zero-order valence-electron chi connectivity index (χ0n) is 13.9. The van der Waals surface area contributed by atoms with Gasteiger partial charge in [-0.3, -0.25) is 4.79 Å². The molecule has 1 aliphatic rings. The van der Waals surface area contributed by atoms with Gasteiger partial charge in [0.25, 0.3) is 5.91 Å². The SMILES string of the molecule is Cl.Nc1cccc(C(=O)Nc2ccc(OCC3CCOCC3)cc2)c1. The van der Waals surface area contributed by atoms with Crippen molar-refractivity contribution in [2.45, 2.75) is 12.8 Å². The summed E-state index contributed by atoms with van der Waals surface area (Å²) in [5.74, 6) is 1.18. The zero-order valence-corrected chi connectivity index (χ0v) is 14.8. The summed E-state index contributed by atoms with van der Waals surface area (Å²) in [5, 5.41) is 2.85. The van der Waals surface area contributed by atoms with Crippen molar-refractivity contribution in [3.05, 3.63) is 54.1 Å². The predicted octanol–water partition coefficient (Wildman–Crippen LogP) is 3.75. The number of carbonyl (C=O) groups excluding carboxylic acids is 1. The fourth-order valence-electron chi connectivity index (χ4n) is 2.64. The minimum atomic E-state index is -0.182. The van der Waals surface area contributed by atoms with Crippen LogP contribution in [0.5, 0.6) is 5.75 Å². The van der Waals surface area contributed by atoms with Crippen molar-refractivity contribution in [2.75, 3.05) is 30.9 Å². The second-order valence-corrected chi connectivity index (χ2v) is 5.97. The molecule has 0 aliphatic carbocycles. The zero-order chi connectivity index (χ0) is 16.8. The van der Waals surface area contributed by atoms with E-state index in [1.165, 1.54) is 0 Å². The van der Waals surface area contributed by atoms with E-state index in [1.807, 2.05) is 24.3 Å². The van der Waals surface area contributed by atoms with Crippen molar-refractivity contribution >= 4 is 29.7 Å². The maximum Gasteiger partial charge on any atom is 0.255 e. The molecule has 1 heterocycles. The minimum Gasteiger partial charge on any atom is -0.493 e. The number of nitrogen functional groups attached to an aromatic ring is 1. The summed E-state index contributed by atoms with van der Waals surface area (Å²) < 4.78 is 11.2. The Morgan fingerprint density at radius 2 is 1.88 bits per heavy atom. The van der Waals surface area contributed by atoms with Crippen molar-refractivity contribution in [1.29, 1.82) is 0 Å². The number of nitrogens with two attached hydrogens (primary N) is 1. The van der Waals surface area contributed by atoms with Crippen molar-refractivity contribution in [2.24, 2.45) is 5.92 Å². The van der Waals surface area contributed by atoms with Gasteiger partial charge in [0.05, 0.1) is 6.61 Å². The van der Waals surface area contributed by atoms with Crippen LogP contribution in [0.25, 0.3) is 0 Å². The van der Waals surface area contributed by atoms with Gasteiger partial charge in [-0.2, -0.15) is 0 Å². The first-order valence-corrected chi connectivity index (χ1v) is 8.18. The van der Waals surface area contributed by atoms with Crippen molar-refractivity contribution in [3.8, 4) is 5.75 Å². The van der Waals surface area contributed by atoms with Gasteiger partial charge >= 0.3 is 0 Å². The highest BCUT2D eigenvalue weighted by Gasteiger charge is 2.14. The average molecular weight is 363 g/mol. The highest BCUT2D eigenvalue weighted by Crippen LogP contribution is 2.20. The Morgan fingerprint density at radius 3 is 2.56 bits per heavy atom. The van der Waals surface area contributed by atoms with Crippen LogP contribution in [0.4, 0.5) is 11.4 Å². The molecule has 5 nitrogen and oxygen atoms in total. The van der Waals surface area contributed by atoms with Gasteiger partial charge in [0.2, 0.25) is 0 Å². The van der Waals surface area contributed by atoms with Crippen LogP contribution in [0.15, 0.2) is 48.5 Å². The van der Waals surface area contributed by atoms with Gasteiger partial charge in [-0.05, 0) is 61.2 Å². The molecule has 2 aromatic carbocycles. The molecule has 3 rings (SSSR count). The molecule has 1 aliphatic heterocycles. The molecule has 0 spiro atoms. The molecular weight excluding hydrogens is 340 g/mol. The topological polar surface area (TPSA) is 73.6 Å². The Hall–Kier alpha value is -2.24. The van der Waals surface area contributed by atoms with Crippen LogP contribution in [-0.2, 0) is 4.74 Å². The van der Waals surface area contributed by atoms with E-state index in [0.29, 0.717) is 23.8 Å². The number of carbonyl (C=O) groups is 1. The molecular formula is C19H23ClN2O3. The van der Waals surface area contributed by atoms with Gasteiger partial charge in [0.1, 0.15) is 5.75 Å². The summed E-state index contributed by atoms with van der Waals surface area (Å²) in [4.78, 5) is 12.2. The van der Waals surface area contributed by atoms with Crippen LogP contribution in [0, 0.1) is 5.92 Å². The first-order valence-electron chi connectivity index (χ1n) is 8.18. The number of hydrogen-bond donors (Lipinski definition) is 2. The minimum absolute atomic E-state index is 0. The summed E-state index contributed by atoms with van der Waals surface area (Å²) in [6.45, 7) is 2.35. The van der Waals surface area contributed by atoms with Gasteiger partial charge in [-0.25, -0.2) is 0 Å². The molecule has 2 aromatic rings. The Bertz CT molecular complexity index is 685. The Morgan fingerprint density at radius 1 is 1.16 bits per heavy atom. The van der Waals surface area contributed by atoms with Crippen molar-refractivity contribution in [1.82, 2.24) is 0 Å². The highest BCUT2D eigenvalue weighted by atomic mass is 35.5. The molecule has 134 valence electrons. The molecule has 0 aromatic heterocycles. The van der Waals surface area contributed by atoms with Crippen molar-refractivity contribution < 1.29 is 14.3 Å². The molecule has 0 unspecified atom stereocenters. The molecule has 0 bridgehead atoms. The van der Waals surface area contributed by atoms with Crippen LogP contribution in [0.1, 0.15) is 23.2 Å².